The van der Waals surface area contributed by atoms with Crippen molar-refractivity contribution in [1.82, 2.24) is 19.5 Å². The van der Waals surface area contributed by atoms with Gasteiger partial charge in [0.15, 0.2) is 5.82 Å². The third-order valence-electron chi connectivity index (χ3n) is 4.96. The van der Waals surface area contributed by atoms with E-state index in [0.29, 0.717) is 0 Å². The van der Waals surface area contributed by atoms with Crippen LogP contribution >= 0.6 is 11.6 Å². The standard InChI is InChI=1S/C22H15ClFN9O/c1-2-32(19-14(10-26)18(27)30-21(28)31-19)22-29-16-5-3-4-15(23)17(16)20(34)33(22)13-7-11(9-25)6-12(24)8-13/h3-8H,2H2,1H3,(H4,27,28,30,31). The number of nitriles is 2. The van der Waals surface area contributed by atoms with E-state index in [4.69, 9.17) is 23.1 Å². The Morgan fingerprint density at radius 3 is 2.59 bits per heavy atom. The number of fused-ring (bicyclic) bond motifs is 1. The van der Waals surface area contributed by atoms with Crippen molar-refractivity contribution in [3.8, 4) is 17.8 Å². The summed E-state index contributed by atoms with van der Waals surface area (Å²) in [7, 11) is 0. The van der Waals surface area contributed by atoms with Crippen molar-refractivity contribution >= 4 is 46.0 Å². The van der Waals surface area contributed by atoms with Gasteiger partial charge in [0.2, 0.25) is 11.9 Å². The molecule has 0 unspecified atom stereocenters. The number of halogens is 2. The lowest BCUT2D eigenvalue weighted by Gasteiger charge is -2.26. The molecule has 0 spiro atoms. The molecule has 0 atom stereocenters. The Balaban J connectivity index is 2.16. The van der Waals surface area contributed by atoms with Crippen LogP contribution in [0.2, 0.25) is 5.02 Å². The molecule has 2 aromatic heterocycles. The topological polar surface area (TPSA) is 164 Å². The molecule has 12 heteroatoms. The second kappa shape index (κ2) is 8.65. The summed E-state index contributed by atoms with van der Waals surface area (Å²) in [6, 6.07) is 12.0. The quantitative estimate of drug-likeness (QED) is 0.451. The first kappa shape index (κ1) is 22.5. The van der Waals surface area contributed by atoms with Gasteiger partial charge in [-0.15, -0.1) is 0 Å². The van der Waals surface area contributed by atoms with Crippen molar-refractivity contribution in [2.75, 3.05) is 22.9 Å². The Kier molecular flexibility index (Phi) is 5.72. The monoisotopic (exact) mass is 475 g/mol. The Hall–Kier alpha value is -4.74. The van der Waals surface area contributed by atoms with Crippen LogP contribution in [0.15, 0.2) is 41.2 Å². The number of benzene rings is 2. The van der Waals surface area contributed by atoms with Crippen LogP contribution in [-0.4, -0.2) is 26.1 Å². The van der Waals surface area contributed by atoms with Gasteiger partial charge in [0.1, 0.15) is 23.3 Å². The maximum Gasteiger partial charge on any atom is 0.268 e. The first-order chi connectivity index (χ1) is 16.3. The van der Waals surface area contributed by atoms with E-state index >= 15 is 0 Å². The van der Waals surface area contributed by atoms with Gasteiger partial charge >= 0.3 is 0 Å². The normalized spacial score (nSPS) is 10.6. The van der Waals surface area contributed by atoms with Gasteiger partial charge in [0.05, 0.1) is 33.2 Å². The first-order valence-corrected chi connectivity index (χ1v) is 10.2. The van der Waals surface area contributed by atoms with Gasteiger partial charge in [-0.2, -0.15) is 20.5 Å². The van der Waals surface area contributed by atoms with E-state index in [1.54, 1.807) is 19.1 Å². The van der Waals surface area contributed by atoms with Gasteiger partial charge in [-0.05, 0) is 37.3 Å². The zero-order chi connectivity index (χ0) is 24.6. The fraction of sp³-hybridized carbons (Fsp3) is 0.0909. The highest BCUT2D eigenvalue weighted by Gasteiger charge is 2.25. The number of hydrogen-bond acceptors (Lipinski definition) is 9. The fourth-order valence-electron chi connectivity index (χ4n) is 3.53. The Morgan fingerprint density at radius 2 is 1.91 bits per heavy atom. The Labute approximate surface area is 197 Å². The predicted octanol–water partition coefficient (Wildman–Crippen LogP) is 3.03. The second-order valence-electron chi connectivity index (χ2n) is 7.02. The van der Waals surface area contributed by atoms with Crippen molar-refractivity contribution in [1.29, 1.82) is 10.5 Å². The number of hydrogen-bond donors (Lipinski definition) is 2. The molecular weight excluding hydrogens is 461 g/mol. The van der Waals surface area contributed by atoms with Crippen LogP contribution < -0.4 is 21.9 Å². The maximum atomic E-state index is 14.4. The van der Waals surface area contributed by atoms with Crippen LogP contribution in [0.5, 0.6) is 0 Å². The largest absolute Gasteiger partial charge is 0.382 e. The minimum Gasteiger partial charge on any atom is -0.382 e. The van der Waals surface area contributed by atoms with E-state index in [2.05, 4.69) is 15.0 Å². The van der Waals surface area contributed by atoms with E-state index in [-0.39, 0.29) is 62.8 Å². The molecule has 34 heavy (non-hydrogen) atoms. The highest BCUT2D eigenvalue weighted by atomic mass is 35.5. The van der Waals surface area contributed by atoms with Crippen LogP contribution in [0.25, 0.3) is 16.6 Å². The summed E-state index contributed by atoms with van der Waals surface area (Å²) in [5, 5.41) is 19.2. The molecule has 0 saturated heterocycles. The summed E-state index contributed by atoms with van der Waals surface area (Å²) >= 11 is 6.29. The number of nitrogens with zero attached hydrogens (tertiary/aromatic N) is 7. The molecule has 4 rings (SSSR count). The SMILES string of the molecule is CCN(c1nc(N)nc(N)c1C#N)c1nc2cccc(Cl)c2c(=O)n1-c1cc(F)cc(C#N)c1. The lowest BCUT2D eigenvalue weighted by molar-refractivity contribution is 0.625. The number of rotatable bonds is 4. The summed E-state index contributed by atoms with van der Waals surface area (Å²) in [5.41, 5.74) is 11.2. The molecule has 0 amide bonds. The van der Waals surface area contributed by atoms with Gasteiger partial charge in [-0.1, -0.05) is 17.7 Å². The van der Waals surface area contributed by atoms with E-state index in [9.17, 15) is 19.7 Å². The molecule has 0 fully saturated rings. The molecule has 0 saturated carbocycles. The lowest BCUT2D eigenvalue weighted by atomic mass is 10.2. The molecule has 4 aromatic rings. The van der Waals surface area contributed by atoms with Crippen LogP contribution in [0.3, 0.4) is 0 Å². The highest BCUT2D eigenvalue weighted by Crippen LogP contribution is 2.31. The summed E-state index contributed by atoms with van der Waals surface area (Å²) in [6.45, 7) is 1.88. The number of aromatic nitrogens is 4. The third-order valence-corrected chi connectivity index (χ3v) is 5.27. The smallest absolute Gasteiger partial charge is 0.268 e. The van der Waals surface area contributed by atoms with E-state index in [1.165, 1.54) is 17.0 Å². The van der Waals surface area contributed by atoms with Crippen molar-refractivity contribution in [2.24, 2.45) is 0 Å². The molecule has 4 N–H and O–H groups in total. The van der Waals surface area contributed by atoms with Crippen LogP contribution in [0.4, 0.5) is 27.9 Å². The van der Waals surface area contributed by atoms with Crippen molar-refractivity contribution in [3.63, 3.8) is 0 Å². The predicted molar refractivity (Wildman–Crippen MR) is 125 cm³/mol. The van der Waals surface area contributed by atoms with E-state index < -0.39 is 11.4 Å². The minimum atomic E-state index is -0.734. The van der Waals surface area contributed by atoms with Crippen LogP contribution in [0, 0.1) is 28.5 Å². The molecule has 168 valence electrons. The van der Waals surface area contributed by atoms with E-state index in [1.807, 2.05) is 12.1 Å². The number of nitrogens with two attached hydrogens (primary N) is 2. The molecule has 0 aliphatic rings. The summed E-state index contributed by atoms with van der Waals surface area (Å²) in [6.07, 6.45) is 0. The van der Waals surface area contributed by atoms with Crippen molar-refractivity contribution < 1.29 is 4.39 Å². The van der Waals surface area contributed by atoms with Gasteiger partial charge < -0.3 is 11.5 Å². The zero-order valence-corrected chi connectivity index (χ0v) is 18.4. The Bertz CT molecular complexity index is 1600. The molecule has 2 heterocycles. The summed E-state index contributed by atoms with van der Waals surface area (Å²) in [5.74, 6) is -1.10. The second-order valence-corrected chi connectivity index (χ2v) is 7.43. The molecule has 0 aliphatic carbocycles. The van der Waals surface area contributed by atoms with Gasteiger partial charge in [-0.3, -0.25) is 9.69 Å². The molecule has 10 nitrogen and oxygen atoms in total. The summed E-state index contributed by atoms with van der Waals surface area (Å²) < 4.78 is 15.5. The fourth-order valence-corrected chi connectivity index (χ4v) is 3.78. The number of nitrogen functional groups attached to an aromatic ring is 2. The molecule has 0 aliphatic heterocycles. The zero-order valence-electron chi connectivity index (χ0n) is 17.6. The average molecular weight is 476 g/mol. The molecule has 2 aromatic carbocycles. The lowest BCUT2D eigenvalue weighted by Crippen LogP contribution is -2.31. The molecule has 0 bridgehead atoms. The highest BCUT2D eigenvalue weighted by molar-refractivity contribution is 6.35. The van der Waals surface area contributed by atoms with Crippen molar-refractivity contribution in [3.05, 3.63) is 68.7 Å². The summed E-state index contributed by atoms with van der Waals surface area (Å²) in [4.78, 5) is 27.7. The first-order valence-electron chi connectivity index (χ1n) is 9.82. The van der Waals surface area contributed by atoms with Crippen molar-refractivity contribution in [2.45, 2.75) is 6.92 Å². The maximum absolute atomic E-state index is 14.4. The number of anilines is 4. The Morgan fingerprint density at radius 1 is 1.15 bits per heavy atom. The molecule has 0 radical (unpaired) electrons. The molecular formula is C22H15ClFN9O. The minimum absolute atomic E-state index is 0.00828. The van der Waals surface area contributed by atoms with E-state index in [0.717, 1.165) is 16.7 Å². The van der Waals surface area contributed by atoms with Crippen LogP contribution in [-0.2, 0) is 0 Å². The third kappa shape index (κ3) is 3.70. The van der Waals surface area contributed by atoms with Gasteiger partial charge in [0, 0.05) is 6.54 Å². The van der Waals surface area contributed by atoms with Gasteiger partial charge in [-0.25, -0.2) is 13.9 Å². The average Bonchev–Trinajstić information content (AvgIpc) is 2.79. The van der Waals surface area contributed by atoms with Gasteiger partial charge in [0.25, 0.3) is 5.56 Å². The van der Waals surface area contributed by atoms with Crippen LogP contribution in [0.1, 0.15) is 18.1 Å².